The van der Waals surface area contributed by atoms with Gasteiger partial charge in [-0.1, -0.05) is 97.1 Å². The first-order valence-electron chi connectivity index (χ1n) is 13.5. The van der Waals surface area contributed by atoms with E-state index < -0.39 is 5.41 Å². The fraction of sp³-hybridized carbons (Fsp3) is 0.265. The van der Waals surface area contributed by atoms with Gasteiger partial charge in [-0.15, -0.1) is 0 Å². The van der Waals surface area contributed by atoms with Crippen LogP contribution in [0.3, 0.4) is 0 Å². The van der Waals surface area contributed by atoms with Crippen LogP contribution in [0, 0.1) is 0 Å². The second-order valence-electron chi connectivity index (χ2n) is 10.2. The van der Waals surface area contributed by atoms with Crippen molar-refractivity contribution in [3.63, 3.8) is 0 Å². The third-order valence-corrected chi connectivity index (χ3v) is 7.85. The number of hydrogen-bond donors (Lipinski definition) is 2. The number of carbonyl (C=O) groups is 1. The molecule has 0 aliphatic heterocycles. The van der Waals surface area contributed by atoms with Crippen molar-refractivity contribution in [3.8, 4) is 16.9 Å². The summed E-state index contributed by atoms with van der Waals surface area (Å²) in [4.78, 5) is 13.8. The van der Waals surface area contributed by atoms with Gasteiger partial charge in [0.1, 0.15) is 5.75 Å². The summed E-state index contributed by atoms with van der Waals surface area (Å²) in [7, 11) is 1.68. The number of nitrogens with one attached hydrogen (secondary N) is 2. The summed E-state index contributed by atoms with van der Waals surface area (Å²) in [5.41, 5.74) is 5.33. The van der Waals surface area contributed by atoms with Crippen LogP contribution in [0.1, 0.15) is 42.4 Å². The summed E-state index contributed by atoms with van der Waals surface area (Å²) in [5.74, 6) is 0.890. The summed E-state index contributed by atoms with van der Waals surface area (Å²) in [6.45, 7) is 1.36. The number of benzene rings is 4. The van der Waals surface area contributed by atoms with E-state index in [1.807, 2.05) is 54.6 Å². The van der Waals surface area contributed by atoms with Crippen molar-refractivity contribution in [3.05, 3.63) is 126 Å². The molecular weight excluding hydrogens is 468 g/mol. The molecule has 0 radical (unpaired) electrons. The molecule has 2 N–H and O–H groups in total. The lowest BCUT2D eigenvalue weighted by Gasteiger charge is -2.40. The van der Waals surface area contributed by atoms with Crippen LogP contribution in [0.2, 0.25) is 0 Å². The molecule has 4 aromatic rings. The Morgan fingerprint density at radius 2 is 1.39 bits per heavy atom. The summed E-state index contributed by atoms with van der Waals surface area (Å²) in [6, 6.07) is 37.8. The van der Waals surface area contributed by atoms with E-state index in [9.17, 15) is 4.79 Å². The molecule has 0 bridgehead atoms. The van der Waals surface area contributed by atoms with Crippen molar-refractivity contribution in [2.24, 2.45) is 0 Å². The normalized spacial score (nSPS) is 19.0. The molecule has 0 heterocycles. The van der Waals surface area contributed by atoms with E-state index >= 15 is 0 Å². The van der Waals surface area contributed by atoms with Gasteiger partial charge in [-0.3, -0.25) is 4.79 Å². The second kappa shape index (κ2) is 12.1. The number of carbonyl (C=O) groups excluding carboxylic acids is 1. The Bertz CT molecular complexity index is 1310. The standard InChI is InChI=1S/C34H36N2O2/c1-38-32-14-8-13-30(23-32)34(33(37)36-25-26-9-4-2-5-10-26)21-19-31(20-22-34)35-24-27-15-17-29(18-16-27)28-11-6-3-7-12-28/h2-18,23,31,35H,19-22,24-25H2,1H3,(H,36,37)/t31-,34+. The van der Waals surface area contributed by atoms with Crippen molar-refractivity contribution in [1.82, 2.24) is 10.6 Å². The third kappa shape index (κ3) is 5.98. The van der Waals surface area contributed by atoms with Crippen molar-refractivity contribution in [2.75, 3.05) is 7.11 Å². The molecule has 0 atom stereocenters. The van der Waals surface area contributed by atoms with Crippen molar-refractivity contribution >= 4 is 5.91 Å². The molecule has 1 saturated carbocycles. The zero-order chi connectivity index (χ0) is 26.2. The van der Waals surface area contributed by atoms with E-state index in [4.69, 9.17) is 4.74 Å². The van der Waals surface area contributed by atoms with E-state index in [-0.39, 0.29) is 5.91 Å². The maximum atomic E-state index is 13.8. The van der Waals surface area contributed by atoms with Gasteiger partial charge in [0, 0.05) is 19.1 Å². The van der Waals surface area contributed by atoms with Crippen molar-refractivity contribution in [1.29, 1.82) is 0 Å². The maximum absolute atomic E-state index is 13.8. The minimum Gasteiger partial charge on any atom is -0.497 e. The molecular formula is C34H36N2O2. The van der Waals surface area contributed by atoms with Crippen molar-refractivity contribution < 1.29 is 9.53 Å². The summed E-state index contributed by atoms with van der Waals surface area (Å²) in [5, 5.41) is 6.99. The number of ether oxygens (including phenoxy) is 1. The van der Waals surface area contributed by atoms with Crippen LogP contribution in [0.4, 0.5) is 0 Å². The monoisotopic (exact) mass is 504 g/mol. The Balaban J connectivity index is 1.24. The van der Waals surface area contributed by atoms with E-state index in [1.165, 1.54) is 16.7 Å². The smallest absolute Gasteiger partial charge is 0.230 e. The summed E-state index contributed by atoms with van der Waals surface area (Å²) >= 11 is 0. The number of amides is 1. The largest absolute Gasteiger partial charge is 0.497 e. The van der Waals surface area contributed by atoms with Crippen LogP contribution >= 0.6 is 0 Å². The van der Waals surface area contributed by atoms with E-state index in [0.29, 0.717) is 12.6 Å². The minimum atomic E-state index is -0.557. The Morgan fingerprint density at radius 3 is 2.08 bits per heavy atom. The molecule has 0 spiro atoms. The van der Waals surface area contributed by atoms with Gasteiger partial charge in [0.2, 0.25) is 5.91 Å². The van der Waals surface area contributed by atoms with Gasteiger partial charge < -0.3 is 15.4 Å². The predicted molar refractivity (Wildman–Crippen MR) is 154 cm³/mol. The average molecular weight is 505 g/mol. The molecule has 0 aromatic heterocycles. The maximum Gasteiger partial charge on any atom is 0.230 e. The van der Waals surface area contributed by atoms with Crippen LogP contribution in [0.25, 0.3) is 11.1 Å². The third-order valence-electron chi connectivity index (χ3n) is 7.85. The molecule has 4 aromatic carbocycles. The fourth-order valence-electron chi connectivity index (χ4n) is 5.54. The topological polar surface area (TPSA) is 50.4 Å². The lowest BCUT2D eigenvalue weighted by molar-refractivity contribution is -0.128. The lowest BCUT2D eigenvalue weighted by atomic mass is 9.67. The van der Waals surface area contributed by atoms with Crippen LogP contribution in [0.15, 0.2) is 109 Å². The molecule has 1 amide bonds. The lowest BCUT2D eigenvalue weighted by Crippen LogP contribution is -2.49. The molecule has 5 rings (SSSR count). The Hall–Kier alpha value is -3.89. The SMILES string of the molecule is COc1cccc([C@]2(C(=O)NCc3ccccc3)CC[C@@H](NCc3ccc(-c4ccccc4)cc3)CC2)c1. The van der Waals surface area contributed by atoms with Crippen LogP contribution < -0.4 is 15.4 Å². The molecule has 194 valence electrons. The molecule has 1 fully saturated rings. The van der Waals surface area contributed by atoms with Gasteiger partial charge in [-0.25, -0.2) is 0 Å². The molecule has 1 aliphatic rings. The number of rotatable bonds is 9. The molecule has 0 unspecified atom stereocenters. The van der Waals surface area contributed by atoms with Crippen molar-refractivity contribution in [2.45, 2.75) is 50.2 Å². The van der Waals surface area contributed by atoms with Gasteiger partial charge in [0.05, 0.1) is 12.5 Å². The first-order chi connectivity index (χ1) is 18.7. The summed E-state index contributed by atoms with van der Waals surface area (Å²) in [6.07, 6.45) is 3.48. The van der Waals surface area contributed by atoms with Gasteiger partial charge in [-0.2, -0.15) is 0 Å². The first kappa shape index (κ1) is 25.7. The molecule has 4 heteroatoms. The van der Waals surface area contributed by atoms with Gasteiger partial charge in [0.25, 0.3) is 0 Å². The first-order valence-corrected chi connectivity index (χ1v) is 13.5. The highest BCUT2D eigenvalue weighted by Gasteiger charge is 2.43. The molecule has 1 aliphatic carbocycles. The molecule has 4 nitrogen and oxygen atoms in total. The van der Waals surface area contributed by atoms with E-state index in [0.717, 1.165) is 49.1 Å². The van der Waals surface area contributed by atoms with E-state index in [1.54, 1.807) is 7.11 Å². The van der Waals surface area contributed by atoms with Gasteiger partial charge in [-0.05, 0) is 65.6 Å². The zero-order valence-corrected chi connectivity index (χ0v) is 22.0. The Labute approximate surface area is 226 Å². The van der Waals surface area contributed by atoms with Crippen LogP contribution in [0.5, 0.6) is 5.75 Å². The average Bonchev–Trinajstić information content (AvgIpc) is 3.00. The molecule has 38 heavy (non-hydrogen) atoms. The second-order valence-corrected chi connectivity index (χ2v) is 10.2. The van der Waals surface area contributed by atoms with Crippen LogP contribution in [-0.4, -0.2) is 19.1 Å². The van der Waals surface area contributed by atoms with Gasteiger partial charge in [0.15, 0.2) is 0 Å². The number of hydrogen-bond acceptors (Lipinski definition) is 3. The fourth-order valence-corrected chi connectivity index (χ4v) is 5.54. The van der Waals surface area contributed by atoms with Gasteiger partial charge >= 0.3 is 0 Å². The number of methoxy groups -OCH3 is 1. The molecule has 0 saturated heterocycles. The minimum absolute atomic E-state index is 0.101. The zero-order valence-electron chi connectivity index (χ0n) is 22.0. The highest BCUT2D eigenvalue weighted by Crippen LogP contribution is 2.41. The quantitative estimate of drug-likeness (QED) is 0.268. The van der Waals surface area contributed by atoms with E-state index in [2.05, 4.69) is 65.2 Å². The van der Waals surface area contributed by atoms with Crippen LogP contribution in [-0.2, 0) is 23.3 Å². The predicted octanol–water partition coefficient (Wildman–Crippen LogP) is 6.65. The highest BCUT2D eigenvalue weighted by atomic mass is 16.5. The Morgan fingerprint density at radius 1 is 0.763 bits per heavy atom. The Kier molecular flexibility index (Phi) is 8.20. The highest BCUT2D eigenvalue weighted by molar-refractivity contribution is 5.88. The summed E-state index contributed by atoms with van der Waals surface area (Å²) < 4.78 is 5.50.